The molecule has 1 aliphatic rings. The molecule has 11 heavy (non-hydrogen) atoms. The van der Waals surface area contributed by atoms with Gasteiger partial charge in [0.15, 0.2) is 6.10 Å². The van der Waals surface area contributed by atoms with Crippen LogP contribution in [0.5, 0.6) is 0 Å². The van der Waals surface area contributed by atoms with Gasteiger partial charge in [0.2, 0.25) is 0 Å². The third-order valence-corrected chi connectivity index (χ3v) is 1.63. The van der Waals surface area contributed by atoms with Crippen LogP contribution in [0.3, 0.4) is 0 Å². The Hall–Kier alpha value is -0.650. The lowest BCUT2D eigenvalue weighted by molar-refractivity contribution is -0.239. The second-order valence-corrected chi connectivity index (χ2v) is 2.29. The summed E-state index contributed by atoms with van der Waals surface area (Å²) in [6, 6.07) is 0. The van der Waals surface area contributed by atoms with Crippen molar-refractivity contribution >= 4 is 5.97 Å². The fraction of sp³-hybridized carbons (Fsp3) is 0.833. The van der Waals surface area contributed by atoms with Gasteiger partial charge in [0.25, 0.3) is 0 Å². The normalized spacial score (nSPS) is 36.1. The third kappa shape index (κ3) is 1.35. The third-order valence-electron chi connectivity index (χ3n) is 1.63. The van der Waals surface area contributed by atoms with Gasteiger partial charge in [-0.25, -0.2) is 4.79 Å². The van der Waals surface area contributed by atoms with Crippen LogP contribution in [0.2, 0.25) is 0 Å². The molecule has 0 aromatic rings. The van der Waals surface area contributed by atoms with E-state index in [0.29, 0.717) is 0 Å². The quantitative estimate of drug-likeness (QED) is 0.472. The first-order valence-corrected chi connectivity index (χ1v) is 3.23. The number of aliphatic hydroxyl groups excluding tert-OH is 2. The maximum Gasteiger partial charge on any atom is 0.337 e. The molecule has 0 radical (unpaired) electrons. The summed E-state index contributed by atoms with van der Waals surface area (Å²) in [6.07, 6.45) is -2.50. The number of methoxy groups -OCH3 is 1. The van der Waals surface area contributed by atoms with Crippen LogP contribution in [0, 0.1) is 0 Å². The first-order chi connectivity index (χ1) is 5.20. The summed E-state index contributed by atoms with van der Waals surface area (Å²) in [5.74, 6) is -0.609. The minimum Gasteiger partial charge on any atom is -0.467 e. The van der Waals surface area contributed by atoms with Gasteiger partial charge in [-0.15, -0.1) is 0 Å². The molecule has 1 aliphatic heterocycles. The number of hydrogen-bond donors (Lipinski definition) is 2. The van der Waals surface area contributed by atoms with E-state index in [0.717, 1.165) is 0 Å². The van der Waals surface area contributed by atoms with E-state index in [1.165, 1.54) is 7.11 Å². The van der Waals surface area contributed by atoms with E-state index < -0.39 is 24.3 Å². The fourth-order valence-electron chi connectivity index (χ4n) is 0.917. The second-order valence-electron chi connectivity index (χ2n) is 2.29. The Labute approximate surface area is 63.5 Å². The summed E-state index contributed by atoms with van der Waals surface area (Å²) in [5, 5.41) is 17.6. The highest BCUT2D eigenvalue weighted by molar-refractivity contribution is 5.76. The van der Waals surface area contributed by atoms with E-state index in [9.17, 15) is 4.79 Å². The zero-order valence-electron chi connectivity index (χ0n) is 6.06. The van der Waals surface area contributed by atoms with Gasteiger partial charge in [0, 0.05) is 0 Å². The highest BCUT2D eigenvalue weighted by Gasteiger charge is 2.46. The van der Waals surface area contributed by atoms with Crippen molar-refractivity contribution in [1.29, 1.82) is 0 Å². The van der Waals surface area contributed by atoms with Gasteiger partial charge in [-0.2, -0.15) is 0 Å². The summed E-state index contributed by atoms with van der Waals surface area (Å²) in [6.45, 7) is -0.283. The molecular weight excluding hydrogens is 152 g/mol. The molecule has 0 amide bonds. The summed E-state index contributed by atoms with van der Waals surface area (Å²) in [5.41, 5.74) is 0. The average molecular weight is 162 g/mol. The Morgan fingerprint density at radius 1 is 1.73 bits per heavy atom. The molecule has 3 atom stereocenters. The number of carbonyl (C=O) groups excluding carboxylic acids is 1. The Morgan fingerprint density at radius 2 is 2.36 bits per heavy atom. The van der Waals surface area contributed by atoms with E-state index in [1.54, 1.807) is 0 Å². The zero-order chi connectivity index (χ0) is 8.43. The Kier molecular flexibility index (Phi) is 2.43. The largest absolute Gasteiger partial charge is 0.467 e. The van der Waals surface area contributed by atoms with Crippen molar-refractivity contribution in [2.75, 3.05) is 13.7 Å². The van der Waals surface area contributed by atoms with Gasteiger partial charge in [-0.3, -0.25) is 0 Å². The fourth-order valence-corrected chi connectivity index (χ4v) is 0.917. The number of esters is 1. The number of hydrogen-bond acceptors (Lipinski definition) is 5. The van der Waals surface area contributed by atoms with Crippen LogP contribution in [0.15, 0.2) is 0 Å². The van der Waals surface area contributed by atoms with Crippen molar-refractivity contribution in [3.63, 3.8) is 0 Å². The summed E-state index contributed by atoms with van der Waals surface area (Å²) in [7, 11) is 1.21. The Balaban J connectivity index is 2.38. The lowest BCUT2D eigenvalue weighted by Gasteiger charge is -2.38. The van der Waals surface area contributed by atoms with Crippen molar-refractivity contribution in [2.24, 2.45) is 0 Å². The van der Waals surface area contributed by atoms with Crippen molar-refractivity contribution in [3.05, 3.63) is 0 Å². The summed E-state index contributed by atoms with van der Waals surface area (Å²) < 4.78 is 9.09. The standard InChI is InChI=1S/C6H10O5/c1-10-6(9)5-4(8)3(2-7)11-5/h3-5,7-8H,2H2,1H3/t3-,4+,5+/m1/s1. The van der Waals surface area contributed by atoms with Crippen LogP contribution < -0.4 is 0 Å². The smallest absolute Gasteiger partial charge is 0.337 e. The van der Waals surface area contributed by atoms with Crippen molar-refractivity contribution in [2.45, 2.75) is 18.3 Å². The maximum atomic E-state index is 10.7. The highest BCUT2D eigenvalue weighted by atomic mass is 16.6. The summed E-state index contributed by atoms with van der Waals surface area (Å²) in [4.78, 5) is 10.7. The molecular formula is C6H10O5. The molecule has 1 fully saturated rings. The van der Waals surface area contributed by atoms with Crippen LogP contribution in [0.25, 0.3) is 0 Å². The van der Waals surface area contributed by atoms with Crippen LogP contribution in [0.4, 0.5) is 0 Å². The molecule has 0 aromatic heterocycles. The molecule has 1 heterocycles. The zero-order valence-corrected chi connectivity index (χ0v) is 6.06. The van der Waals surface area contributed by atoms with Crippen molar-refractivity contribution < 1.29 is 24.5 Å². The molecule has 0 spiro atoms. The minimum atomic E-state index is -0.938. The van der Waals surface area contributed by atoms with Crippen LogP contribution in [0.1, 0.15) is 0 Å². The van der Waals surface area contributed by atoms with Gasteiger partial charge < -0.3 is 19.7 Å². The molecule has 0 bridgehead atoms. The van der Waals surface area contributed by atoms with E-state index >= 15 is 0 Å². The maximum absolute atomic E-state index is 10.7. The number of rotatable bonds is 2. The molecule has 2 N–H and O–H groups in total. The second kappa shape index (κ2) is 3.17. The van der Waals surface area contributed by atoms with Gasteiger partial charge in [0.1, 0.15) is 12.2 Å². The summed E-state index contributed by atoms with van der Waals surface area (Å²) >= 11 is 0. The van der Waals surface area contributed by atoms with Crippen molar-refractivity contribution in [3.8, 4) is 0 Å². The van der Waals surface area contributed by atoms with E-state index in [4.69, 9.17) is 14.9 Å². The molecule has 0 unspecified atom stereocenters. The predicted octanol–water partition coefficient (Wildman–Crippen LogP) is -1.72. The minimum absolute atomic E-state index is 0.283. The lowest BCUT2D eigenvalue weighted by Crippen LogP contribution is -2.59. The SMILES string of the molecule is COC(=O)[C@H]1O[C@H](CO)[C@@H]1O. The van der Waals surface area contributed by atoms with Gasteiger partial charge in [-0.1, -0.05) is 0 Å². The van der Waals surface area contributed by atoms with Crippen LogP contribution >= 0.6 is 0 Å². The Morgan fingerprint density at radius 3 is 2.73 bits per heavy atom. The van der Waals surface area contributed by atoms with Gasteiger partial charge >= 0.3 is 5.97 Å². The molecule has 1 rings (SSSR count). The number of aliphatic hydroxyl groups is 2. The highest BCUT2D eigenvalue weighted by Crippen LogP contribution is 2.21. The van der Waals surface area contributed by atoms with Crippen LogP contribution in [-0.2, 0) is 14.3 Å². The molecule has 1 saturated heterocycles. The molecule has 0 saturated carbocycles. The Bertz CT molecular complexity index is 157. The first kappa shape index (κ1) is 8.45. The molecule has 0 aliphatic carbocycles. The molecule has 5 heteroatoms. The molecule has 5 nitrogen and oxygen atoms in total. The average Bonchev–Trinajstić information content (AvgIpc) is 2.02. The monoisotopic (exact) mass is 162 g/mol. The lowest BCUT2D eigenvalue weighted by atomic mass is 10.0. The van der Waals surface area contributed by atoms with E-state index in [-0.39, 0.29) is 6.61 Å². The number of ether oxygens (including phenoxy) is 2. The molecule has 0 aromatic carbocycles. The topological polar surface area (TPSA) is 76.0 Å². The van der Waals surface area contributed by atoms with Gasteiger partial charge in [-0.05, 0) is 0 Å². The van der Waals surface area contributed by atoms with E-state index in [2.05, 4.69) is 4.74 Å². The number of carbonyl (C=O) groups is 1. The van der Waals surface area contributed by atoms with Crippen molar-refractivity contribution in [1.82, 2.24) is 0 Å². The first-order valence-electron chi connectivity index (χ1n) is 3.23. The molecule has 64 valence electrons. The predicted molar refractivity (Wildman–Crippen MR) is 33.8 cm³/mol. The van der Waals surface area contributed by atoms with Gasteiger partial charge in [0.05, 0.1) is 13.7 Å². The van der Waals surface area contributed by atoms with E-state index in [1.807, 2.05) is 0 Å². The van der Waals surface area contributed by atoms with Crippen LogP contribution in [-0.4, -0.2) is 48.2 Å².